The van der Waals surface area contributed by atoms with Crippen molar-refractivity contribution in [2.24, 2.45) is 0 Å². The Hall–Kier alpha value is -1.39. The summed E-state index contributed by atoms with van der Waals surface area (Å²) in [5.41, 5.74) is 2.47. The molecule has 0 atom stereocenters. The van der Waals surface area contributed by atoms with Gasteiger partial charge in [-0.1, -0.05) is 19.1 Å². The average Bonchev–Trinajstić information content (AvgIpc) is 2.41. The Morgan fingerprint density at radius 1 is 1.21 bits per heavy atom. The summed E-state index contributed by atoms with van der Waals surface area (Å²) >= 11 is 0. The van der Waals surface area contributed by atoms with E-state index in [1.807, 2.05) is 19.1 Å². The lowest BCUT2D eigenvalue weighted by Crippen LogP contribution is -2.45. The lowest BCUT2D eigenvalue weighted by Gasteiger charge is -2.34. The molecule has 0 amide bonds. The van der Waals surface area contributed by atoms with Gasteiger partial charge in [-0.2, -0.15) is 0 Å². The first-order valence-electron chi connectivity index (χ1n) is 6.88. The number of carboxylic acid groups (broad SMARTS) is 1. The first-order valence-corrected chi connectivity index (χ1v) is 6.88. The summed E-state index contributed by atoms with van der Waals surface area (Å²) in [5, 5.41) is 9.27. The van der Waals surface area contributed by atoms with Gasteiger partial charge in [0.25, 0.3) is 0 Å². The molecule has 1 fully saturated rings. The molecule has 0 radical (unpaired) electrons. The van der Waals surface area contributed by atoms with E-state index in [1.54, 1.807) is 6.07 Å². The zero-order valence-corrected chi connectivity index (χ0v) is 11.7. The molecule has 0 unspecified atom stereocenters. The van der Waals surface area contributed by atoms with Crippen LogP contribution in [0.15, 0.2) is 18.2 Å². The van der Waals surface area contributed by atoms with Crippen molar-refractivity contribution in [3.05, 3.63) is 34.9 Å². The van der Waals surface area contributed by atoms with Crippen molar-refractivity contribution in [1.82, 2.24) is 9.80 Å². The smallest absolute Gasteiger partial charge is 0.336 e. The van der Waals surface area contributed by atoms with Gasteiger partial charge in [0, 0.05) is 32.7 Å². The standard InChI is InChI=1S/C15H22N2O2/c1-3-16-7-9-17(10-8-16)11-14-12(2)5-4-6-13(14)15(18)19/h4-6H,3,7-11H2,1-2H3,(H,18,19). The van der Waals surface area contributed by atoms with E-state index in [2.05, 4.69) is 16.7 Å². The van der Waals surface area contributed by atoms with Crippen LogP contribution in [-0.2, 0) is 6.54 Å². The Bertz CT molecular complexity index is 451. The van der Waals surface area contributed by atoms with Gasteiger partial charge in [-0.15, -0.1) is 0 Å². The Balaban J connectivity index is 2.09. The van der Waals surface area contributed by atoms with Crippen LogP contribution in [0.4, 0.5) is 0 Å². The van der Waals surface area contributed by atoms with Gasteiger partial charge in [-0.05, 0) is 30.7 Å². The Morgan fingerprint density at radius 3 is 2.42 bits per heavy atom. The number of aromatic carboxylic acids is 1. The highest BCUT2D eigenvalue weighted by atomic mass is 16.4. The number of nitrogens with zero attached hydrogens (tertiary/aromatic N) is 2. The van der Waals surface area contributed by atoms with Crippen LogP contribution in [-0.4, -0.2) is 53.6 Å². The molecular formula is C15H22N2O2. The third-order valence-corrected chi connectivity index (χ3v) is 3.93. The summed E-state index contributed by atoms with van der Waals surface area (Å²) in [7, 11) is 0. The first-order chi connectivity index (χ1) is 9.11. The molecule has 1 heterocycles. The number of carbonyl (C=O) groups is 1. The molecule has 0 saturated carbocycles. The predicted molar refractivity (Wildman–Crippen MR) is 75.5 cm³/mol. The third kappa shape index (κ3) is 3.33. The normalized spacial score (nSPS) is 17.6. The van der Waals surface area contributed by atoms with Gasteiger partial charge in [0.15, 0.2) is 0 Å². The summed E-state index contributed by atoms with van der Waals surface area (Å²) in [6.07, 6.45) is 0. The summed E-state index contributed by atoms with van der Waals surface area (Å²) in [6, 6.07) is 5.51. The molecule has 1 aromatic rings. The minimum absolute atomic E-state index is 0.443. The second-order valence-corrected chi connectivity index (χ2v) is 5.12. The number of hydrogen-bond acceptors (Lipinski definition) is 3. The zero-order valence-electron chi connectivity index (χ0n) is 11.7. The van der Waals surface area contributed by atoms with E-state index in [9.17, 15) is 9.90 Å². The van der Waals surface area contributed by atoms with Crippen molar-refractivity contribution in [2.75, 3.05) is 32.7 Å². The Morgan fingerprint density at radius 2 is 1.84 bits per heavy atom. The van der Waals surface area contributed by atoms with E-state index >= 15 is 0 Å². The Labute approximate surface area is 114 Å². The lowest BCUT2D eigenvalue weighted by molar-refractivity contribution is 0.0692. The number of likely N-dealkylation sites (N-methyl/N-ethyl adjacent to an activating group) is 1. The maximum Gasteiger partial charge on any atom is 0.336 e. The van der Waals surface area contributed by atoms with Gasteiger partial charge >= 0.3 is 5.97 Å². The number of carboxylic acids is 1. The third-order valence-electron chi connectivity index (χ3n) is 3.93. The molecule has 0 aromatic heterocycles. The van der Waals surface area contributed by atoms with E-state index in [-0.39, 0.29) is 0 Å². The quantitative estimate of drug-likeness (QED) is 0.899. The minimum atomic E-state index is -0.828. The molecule has 0 bridgehead atoms. The van der Waals surface area contributed by atoms with Gasteiger partial charge in [-0.3, -0.25) is 4.90 Å². The van der Waals surface area contributed by atoms with Crippen LogP contribution in [0.1, 0.15) is 28.4 Å². The monoisotopic (exact) mass is 262 g/mol. The average molecular weight is 262 g/mol. The van der Waals surface area contributed by atoms with Crippen LogP contribution in [0.3, 0.4) is 0 Å². The van der Waals surface area contributed by atoms with Gasteiger partial charge in [-0.25, -0.2) is 4.79 Å². The molecule has 104 valence electrons. The van der Waals surface area contributed by atoms with Gasteiger partial charge in [0.2, 0.25) is 0 Å². The zero-order chi connectivity index (χ0) is 13.8. The SMILES string of the molecule is CCN1CCN(Cc2c(C)cccc2C(=O)O)CC1. The van der Waals surface area contributed by atoms with Crippen LogP contribution in [0.2, 0.25) is 0 Å². The summed E-state index contributed by atoms with van der Waals surface area (Å²) in [5.74, 6) is -0.828. The number of aryl methyl sites for hydroxylation is 1. The number of piperazine rings is 1. The Kier molecular flexibility index (Phi) is 4.56. The van der Waals surface area contributed by atoms with E-state index in [4.69, 9.17) is 0 Å². The number of benzene rings is 1. The fourth-order valence-corrected chi connectivity index (χ4v) is 2.60. The molecule has 0 spiro atoms. The van der Waals surface area contributed by atoms with Crippen LogP contribution in [0, 0.1) is 6.92 Å². The van der Waals surface area contributed by atoms with E-state index in [0.717, 1.165) is 50.4 Å². The first kappa shape index (κ1) is 14.0. The largest absolute Gasteiger partial charge is 0.478 e. The molecule has 2 rings (SSSR count). The maximum atomic E-state index is 11.3. The maximum absolute atomic E-state index is 11.3. The van der Waals surface area contributed by atoms with E-state index < -0.39 is 5.97 Å². The van der Waals surface area contributed by atoms with Gasteiger partial charge in [0.05, 0.1) is 5.56 Å². The van der Waals surface area contributed by atoms with Crippen LogP contribution < -0.4 is 0 Å². The second-order valence-electron chi connectivity index (χ2n) is 5.12. The predicted octanol–water partition coefficient (Wildman–Crippen LogP) is 1.83. The fraction of sp³-hybridized carbons (Fsp3) is 0.533. The van der Waals surface area contributed by atoms with Crippen molar-refractivity contribution in [2.45, 2.75) is 20.4 Å². The highest BCUT2D eigenvalue weighted by Crippen LogP contribution is 2.17. The minimum Gasteiger partial charge on any atom is -0.478 e. The number of hydrogen-bond donors (Lipinski definition) is 1. The highest BCUT2D eigenvalue weighted by molar-refractivity contribution is 5.89. The molecule has 1 saturated heterocycles. The highest BCUT2D eigenvalue weighted by Gasteiger charge is 2.19. The van der Waals surface area contributed by atoms with Crippen molar-refractivity contribution in [1.29, 1.82) is 0 Å². The lowest BCUT2D eigenvalue weighted by atomic mass is 10.0. The van der Waals surface area contributed by atoms with Crippen LogP contribution >= 0.6 is 0 Å². The van der Waals surface area contributed by atoms with Gasteiger partial charge < -0.3 is 10.0 Å². The molecular weight excluding hydrogens is 240 g/mol. The van der Waals surface area contributed by atoms with Crippen LogP contribution in [0.25, 0.3) is 0 Å². The summed E-state index contributed by atoms with van der Waals surface area (Å²) < 4.78 is 0. The van der Waals surface area contributed by atoms with Crippen molar-refractivity contribution in [3.8, 4) is 0 Å². The van der Waals surface area contributed by atoms with E-state index in [0.29, 0.717) is 5.56 Å². The summed E-state index contributed by atoms with van der Waals surface area (Å²) in [4.78, 5) is 16.1. The fourth-order valence-electron chi connectivity index (χ4n) is 2.60. The van der Waals surface area contributed by atoms with Gasteiger partial charge in [0.1, 0.15) is 0 Å². The molecule has 1 aliphatic rings. The van der Waals surface area contributed by atoms with Crippen molar-refractivity contribution >= 4 is 5.97 Å². The second kappa shape index (κ2) is 6.17. The number of rotatable bonds is 4. The summed E-state index contributed by atoms with van der Waals surface area (Å²) in [6.45, 7) is 10.2. The van der Waals surface area contributed by atoms with Crippen LogP contribution in [0.5, 0.6) is 0 Å². The molecule has 4 heteroatoms. The van der Waals surface area contributed by atoms with E-state index in [1.165, 1.54) is 0 Å². The molecule has 19 heavy (non-hydrogen) atoms. The molecule has 1 aliphatic heterocycles. The topological polar surface area (TPSA) is 43.8 Å². The van der Waals surface area contributed by atoms with Crippen molar-refractivity contribution in [3.63, 3.8) is 0 Å². The molecule has 0 aliphatic carbocycles. The molecule has 1 N–H and O–H groups in total. The molecule has 1 aromatic carbocycles. The molecule has 4 nitrogen and oxygen atoms in total. The van der Waals surface area contributed by atoms with Crippen molar-refractivity contribution < 1.29 is 9.90 Å².